The molecule has 0 aliphatic carbocycles. The lowest BCUT2D eigenvalue weighted by atomic mass is 10.1. The average Bonchev–Trinajstić information content (AvgIpc) is 3.36. The van der Waals surface area contributed by atoms with Crippen molar-refractivity contribution < 1.29 is 42.1 Å². The maximum Gasteiger partial charge on any atom is 0.573 e. The highest BCUT2D eigenvalue weighted by molar-refractivity contribution is 7.22. The molecule has 0 saturated carbocycles. The summed E-state index contributed by atoms with van der Waals surface area (Å²) in [6.07, 6.45) is -6.19. The van der Waals surface area contributed by atoms with Gasteiger partial charge >= 0.3 is 12.3 Å². The van der Waals surface area contributed by atoms with E-state index in [1.54, 1.807) is 17.9 Å². The molecule has 1 aromatic heterocycles. The van der Waals surface area contributed by atoms with Gasteiger partial charge in [-0.05, 0) is 37.3 Å². The van der Waals surface area contributed by atoms with Gasteiger partial charge in [-0.1, -0.05) is 11.3 Å². The minimum atomic E-state index is -4.86. The van der Waals surface area contributed by atoms with Gasteiger partial charge in [0.2, 0.25) is 5.79 Å². The predicted molar refractivity (Wildman–Crippen MR) is 134 cm³/mol. The third kappa shape index (κ3) is 5.39. The number of carbonyl (C=O) groups excluding carboxylic acids is 1. The maximum absolute atomic E-state index is 12.7. The third-order valence-corrected chi connectivity index (χ3v) is 6.60. The molecular weight excluding hydrogens is 531 g/mol. The molecule has 3 aromatic rings. The van der Waals surface area contributed by atoms with Gasteiger partial charge in [-0.2, -0.15) is 0 Å². The number of nitrogens with zero attached hydrogens (tertiary/aromatic N) is 2. The van der Waals surface area contributed by atoms with Crippen molar-refractivity contribution in [3.05, 3.63) is 42.0 Å². The van der Waals surface area contributed by atoms with Crippen LogP contribution in [0.4, 0.5) is 29.7 Å². The van der Waals surface area contributed by atoms with Crippen LogP contribution >= 0.6 is 11.3 Å². The zero-order valence-corrected chi connectivity index (χ0v) is 21.0. The molecule has 2 unspecified atom stereocenters. The highest BCUT2D eigenvalue weighted by Crippen LogP contribution is 2.44. The van der Waals surface area contributed by atoms with Crippen molar-refractivity contribution >= 4 is 49.9 Å². The van der Waals surface area contributed by atoms with Crippen LogP contribution in [0.15, 0.2) is 36.4 Å². The van der Waals surface area contributed by atoms with Crippen LogP contribution in [-0.4, -0.2) is 67.1 Å². The number of alkyl halides is 3. The normalized spacial score (nSPS) is 17.7. The van der Waals surface area contributed by atoms with Crippen molar-refractivity contribution in [2.24, 2.45) is 5.73 Å². The summed E-state index contributed by atoms with van der Waals surface area (Å²) in [6, 6.07) is 8.11. The predicted octanol–water partition coefficient (Wildman–Crippen LogP) is 3.43. The number of anilines is 3. The second-order valence-electron chi connectivity index (χ2n) is 8.13. The first-order valence-corrected chi connectivity index (χ1v) is 12.1. The molecule has 0 spiro atoms. The number of carboxylic acids is 1. The van der Waals surface area contributed by atoms with Gasteiger partial charge in [-0.3, -0.25) is 4.79 Å². The molecule has 2 atom stereocenters. The van der Waals surface area contributed by atoms with Crippen LogP contribution in [0.25, 0.3) is 10.2 Å². The van der Waals surface area contributed by atoms with E-state index in [4.69, 9.17) is 15.2 Å². The molecule has 0 radical (unpaired) electrons. The Morgan fingerprint density at radius 1 is 1.29 bits per heavy atom. The summed E-state index contributed by atoms with van der Waals surface area (Å²) in [6.45, 7) is 2.20. The number of primary amides is 1. The molecule has 1 amide bonds. The molecule has 2 heterocycles. The highest BCUT2D eigenvalue weighted by atomic mass is 32.1. The van der Waals surface area contributed by atoms with E-state index in [2.05, 4.69) is 20.4 Å². The summed E-state index contributed by atoms with van der Waals surface area (Å²) in [7, 11) is 1.50. The van der Waals surface area contributed by atoms with Crippen molar-refractivity contribution in [3.8, 4) is 5.75 Å². The lowest BCUT2D eigenvalue weighted by molar-refractivity contribution is -0.274. The summed E-state index contributed by atoms with van der Waals surface area (Å²) in [5.41, 5.74) is 7.05. The highest BCUT2D eigenvalue weighted by Gasteiger charge is 2.53. The SMILES string of the molecule is CCOC(C(N)=O)C1(Nc2nc3ccc(OC(F)(F)F)cc3s2)Nc2cc(C(=O)O)ccc2N1CCOC. The minimum Gasteiger partial charge on any atom is -0.478 e. The van der Waals surface area contributed by atoms with Gasteiger partial charge < -0.3 is 40.6 Å². The van der Waals surface area contributed by atoms with E-state index in [0.717, 1.165) is 17.4 Å². The lowest BCUT2D eigenvalue weighted by Gasteiger charge is -2.43. The maximum atomic E-state index is 12.7. The molecule has 38 heavy (non-hydrogen) atoms. The molecule has 4 rings (SSSR count). The molecule has 1 aliphatic rings. The Hall–Kier alpha value is -3.82. The fourth-order valence-electron chi connectivity index (χ4n) is 4.21. The number of aromatic carboxylic acids is 1. The van der Waals surface area contributed by atoms with Crippen LogP contribution in [0, 0.1) is 0 Å². The molecule has 0 bridgehead atoms. The monoisotopic (exact) mass is 555 g/mol. The number of nitrogens with one attached hydrogen (secondary N) is 2. The van der Waals surface area contributed by atoms with E-state index in [1.807, 2.05) is 0 Å². The number of aromatic nitrogens is 1. The summed E-state index contributed by atoms with van der Waals surface area (Å²) in [5.74, 6) is -3.99. The molecule has 1 aliphatic heterocycles. The van der Waals surface area contributed by atoms with Crippen LogP contribution in [-0.2, 0) is 14.3 Å². The van der Waals surface area contributed by atoms with Gasteiger partial charge in [0.25, 0.3) is 5.91 Å². The second-order valence-corrected chi connectivity index (χ2v) is 9.16. The Morgan fingerprint density at radius 3 is 2.68 bits per heavy atom. The number of thiazole rings is 1. The van der Waals surface area contributed by atoms with Crippen molar-refractivity contribution in [2.75, 3.05) is 42.4 Å². The third-order valence-electron chi connectivity index (χ3n) is 5.67. The van der Waals surface area contributed by atoms with E-state index < -0.39 is 35.9 Å². The van der Waals surface area contributed by atoms with E-state index >= 15 is 0 Å². The first-order chi connectivity index (χ1) is 18.0. The largest absolute Gasteiger partial charge is 0.573 e. The molecule has 11 nitrogen and oxygen atoms in total. The van der Waals surface area contributed by atoms with Crippen molar-refractivity contribution in [3.63, 3.8) is 0 Å². The Bertz CT molecular complexity index is 1350. The number of halogens is 3. The lowest BCUT2D eigenvalue weighted by Crippen LogP contribution is -2.69. The van der Waals surface area contributed by atoms with Gasteiger partial charge in [0.1, 0.15) is 5.75 Å². The van der Waals surface area contributed by atoms with Crippen molar-refractivity contribution in [1.82, 2.24) is 4.98 Å². The van der Waals surface area contributed by atoms with Crippen LogP contribution in [0.2, 0.25) is 0 Å². The fraction of sp³-hybridized carbons (Fsp3) is 0.348. The number of methoxy groups -OCH3 is 1. The molecule has 15 heteroatoms. The van der Waals surface area contributed by atoms with Crippen LogP contribution in [0.3, 0.4) is 0 Å². The topological polar surface area (TPSA) is 148 Å². The standard InChI is InChI=1S/C23H24F3N5O6S/c1-3-36-18(19(27)32)22(29-15-10-12(20(33)34)4-7-16(15)31(22)8-9-35-2)30-21-28-14-6-5-13(11-17(14)38-21)37-23(24,25)26/h4-7,10-11,18,29H,3,8-9H2,1-2H3,(H2,27,32)(H,28,30)(H,33,34). The molecule has 0 saturated heterocycles. The average molecular weight is 556 g/mol. The smallest absolute Gasteiger partial charge is 0.478 e. The van der Waals surface area contributed by atoms with Gasteiger partial charge in [0.05, 0.1) is 33.8 Å². The van der Waals surface area contributed by atoms with E-state index in [0.29, 0.717) is 21.6 Å². The number of fused-ring (bicyclic) bond motifs is 2. The number of hydrogen-bond donors (Lipinski definition) is 4. The zero-order chi connectivity index (χ0) is 27.7. The van der Waals surface area contributed by atoms with Crippen LogP contribution in [0.1, 0.15) is 17.3 Å². The molecular formula is C23H24F3N5O6S. The summed E-state index contributed by atoms with van der Waals surface area (Å²) >= 11 is 1.01. The number of ether oxygens (including phenoxy) is 3. The summed E-state index contributed by atoms with van der Waals surface area (Å²) in [4.78, 5) is 30.5. The van der Waals surface area contributed by atoms with E-state index in [9.17, 15) is 27.9 Å². The first-order valence-electron chi connectivity index (χ1n) is 11.2. The molecule has 2 aromatic carbocycles. The first kappa shape index (κ1) is 27.2. The number of nitrogens with two attached hydrogens (primary N) is 1. The minimum absolute atomic E-state index is 0.00274. The quantitative estimate of drug-likeness (QED) is 0.277. The number of benzene rings is 2. The van der Waals surface area contributed by atoms with Gasteiger partial charge in [0, 0.05) is 26.3 Å². The Morgan fingerprint density at radius 2 is 2.05 bits per heavy atom. The molecule has 5 N–H and O–H groups in total. The number of rotatable bonds is 11. The fourth-order valence-corrected chi connectivity index (χ4v) is 5.16. The van der Waals surface area contributed by atoms with Crippen molar-refractivity contribution in [2.45, 2.75) is 25.2 Å². The van der Waals surface area contributed by atoms with Gasteiger partial charge in [-0.15, -0.1) is 13.2 Å². The van der Waals surface area contributed by atoms with Crippen LogP contribution in [0.5, 0.6) is 5.75 Å². The Labute approximate surface area is 218 Å². The number of carboxylic acid groups (broad SMARTS) is 1. The van der Waals surface area contributed by atoms with Crippen LogP contribution < -0.4 is 26.0 Å². The summed E-state index contributed by atoms with van der Waals surface area (Å²) < 4.78 is 53.5. The van der Waals surface area contributed by atoms with E-state index in [-0.39, 0.29) is 30.5 Å². The molecule has 0 fully saturated rings. The number of amides is 1. The van der Waals surface area contributed by atoms with Gasteiger partial charge in [0.15, 0.2) is 11.2 Å². The van der Waals surface area contributed by atoms with Gasteiger partial charge in [-0.25, -0.2) is 9.78 Å². The zero-order valence-electron chi connectivity index (χ0n) is 20.2. The summed E-state index contributed by atoms with van der Waals surface area (Å²) in [5, 5.41) is 16.0. The number of carbonyl (C=O) groups is 2. The Balaban J connectivity index is 1.82. The van der Waals surface area contributed by atoms with E-state index in [1.165, 1.54) is 31.4 Å². The second kappa shape index (κ2) is 10.5. The molecule has 204 valence electrons. The van der Waals surface area contributed by atoms with Crippen molar-refractivity contribution in [1.29, 1.82) is 0 Å². The number of hydrogen-bond acceptors (Lipinski definition) is 10. The Kier molecular flexibility index (Phi) is 7.53.